The molecule has 228 valence electrons. The topological polar surface area (TPSA) is 121 Å². The predicted octanol–water partition coefficient (Wildman–Crippen LogP) is 4.31. The molecule has 0 aliphatic carbocycles. The Balaban J connectivity index is 1.67. The molecule has 0 unspecified atom stereocenters. The van der Waals surface area contributed by atoms with Crippen LogP contribution in [0, 0.1) is 13.8 Å². The lowest BCUT2D eigenvalue weighted by atomic mass is 9.95. The van der Waals surface area contributed by atoms with Crippen LogP contribution in [0.4, 0.5) is 0 Å². The molecule has 0 saturated carbocycles. The molecule has 1 N–H and O–H groups in total. The van der Waals surface area contributed by atoms with Crippen molar-refractivity contribution in [1.29, 1.82) is 0 Å². The fourth-order valence-corrected chi connectivity index (χ4v) is 6.50. The molecule has 0 spiro atoms. The predicted molar refractivity (Wildman–Crippen MR) is 167 cm³/mol. The number of carbonyl (C=O) groups excluding carboxylic acids is 1. The van der Waals surface area contributed by atoms with E-state index in [1.54, 1.807) is 57.4 Å². The highest BCUT2D eigenvalue weighted by Crippen LogP contribution is 2.36. The Morgan fingerprint density at radius 2 is 1.75 bits per heavy atom. The Kier molecular flexibility index (Phi) is 8.59. The lowest BCUT2D eigenvalue weighted by molar-refractivity contribution is -0.139. The molecule has 0 amide bonds. The molecule has 1 aliphatic heterocycles. The largest absolute Gasteiger partial charge is 0.493 e. The number of hydrogen-bond acceptors (Lipinski definition) is 8. The Morgan fingerprint density at radius 3 is 2.39 bits per heavy atom. The van der Waals surface area contributed by atoms with Crippen LogP contribution in [0.1, 0.15) is 59.7 Å². The number of aryl methyl sites for hydroxylation is 1. The van der Waals surface area contributed by atoms with Gasteiger partial charge in [-0.3, -0.25) is 9.36 Å². The molecule has 5 rings (SSSR count). The number of benzene rings is 2. The first kappa shape index (κ1) is 30.6. The normalized spacial score (nSPS) is 14.7. The zero-order valence-corrected chi connectivity index (χ0v) is 26.2. The number of carboxylic acids is 1. The first-order valence-electron chi connectivity index (χ1n) is 14.1. The van der Waals surface area contributed by atoms with Crippen LogP contribution in [-0.4, -0.2) is 46.5 Å². The van der Waals surface area contributed by atoms with Crippen LogP contribution < -0.4 is 24.4 Å². The first-order chi connectivity index (χ1) is 21.1. The molecule has 1 aliphatic rings. The van der Waals surface area contributed by atoms with Crippen molar-refractivity contribution in [2.45, 2.75) is 40.7 Å². The van der Waals surface area contributed by atoms with E-state index in [0.717, 1.165) is 22.6 Å². The van der Waals surface area contributed by atoms with Crippen LogP contribution in [0.2, 0.25) is 0 Å². The number of rotatable bonds is 9. The minimum atomic E-state index is -0.989. The molecule has 10 nitrogen and oxygen atoms in total. The summed E-state index contributed by atoms with van der Waals surface area (Å²) in [6.45, 7) is 9.82. The highest BCUT2D eigenvalue weighted by molar-refractivity contribution is 7.07. The van der Waals surface area contributed by atoms with Gasteiger partial charge in [-0.25, -0.2) is 14.6 Å². The third-order valence-electron chi connectivity index (χ3n) is 7.45. The Hall–Kier alpha value is -4.90. The van der Waals surface area contributed by atoms with Crippen LogP contribution in [0.15, 0.2) is 69.6 Å². The quantitative estimate of drug-likeness (QED) is 0.279. The van der Waals surface area contributed by atoms with Gasteiger partial charge in [0.1, 0.15) is 0 Å². The molecule has 1 atom stereocenters. The Labute approximate surface area is 257 Å². The zero-order chi connectivity index (χ0) is 31.7. The number of ether oxygens (including phenoxy) is 3. The number of methoxy groups -OCH3 is 1. The van der Waals surface area contributed by atoms with Crippen molar-refractivity contribution in [2.24, 2.45) is 4.99 Å². The number of carboxylic acid groups (broad SMARTS) is 1. The summed E-state index contributed by atoms with van der Waals surface area (Å²) < 4.78 is 20.7. The van der Waals surface area contributed by atoms with Gasteiger partial charge >= 0.3 is 11.9 Å². The standard InChI is InChI=1S/C33H33N3O7S/c1-7-42-26-16-22(11-14-25(26)41-6)29-28(32(40)43-8-2)19(4)34-33-36(29)30(37)27(44-33)17-23-15-18(3)35(20(23)5)24-12-9-21(10-13-24)31(38)39/h9-17,29H,7-8H2,1-6H3,(H,38,39)/b27-17+/t29-/m1/s1. The summed E-state index contributed by atoms with van der Waals surface area (Å²) in [4.78, 5) is 43.8. The van der Waals surface area contributed by atoms with Gasteiger partial charge in [0.25, 0.3) is 5.56 Å². The molecule has 44 heavy (non-hydrogen) atoms. The molecule has 0 radical (unpaired) electrons. The van der Waals surface area contributed by atoms with Gasteiger partial charge in [0.2, 0.25) is 0 Å². The summed E-state index contributed by atoms with van der Waals surface area (Å²) in [5.74, 6) is -0.498. The number of thiazole rings is 1. The third-order valence-corrected chi connectivity index (χ3v) is 8.43. The highest BCUT2D eigenvalue weighted by Gasteiger charge is 2.34. The number of fused-ring (bicyclic) bond motifs is 1. The molecule has 2 aromatic heterocycles. The van der Waals surface area contributed by atoms with E-state index in [9.17, 15) is 19.5 Å². The molecular formula is C33H33N3O7S. The third kappa shape index (κ3) is 5.46. The van der Waals surface area contributed by atoms with Gasteiger partial charge in [-0.05, 0) is 94.3 Å². The van der Waals surface area contributed by atoms with E-state index < -0.39 is 18.0 Å². The van der Waals surface area contributed by atoms with E-state index in [4.69, 9.17) is 14.2 Å². The lowest BCUT2D eigenvalue weighted by Gasteiger charge is -2.25. The number of carbonyl (C=O) groups is 2. The summed E-state index contributed by atoms with van der Waals surface area (Å²) >= 11 is 1.24. The minimum Gasteiger partial charge on any atom is -0.493 e. The van der Waals surface area contributed by atoms with E-state index in [1.807, 2.05) is 43.5 Å². The van der Waals surface area contributed by atoms with Gasteiger partial charge in [0, 0.05) is 17.1 Å². The maximum atomic E-state index is 14.1. The van der Waals surface area contributed by atoms with Crippen molar-refractivity contribution in [3.05, 3.63) is 108 Å². The number of esters is 1. The number of nitrogens with zero attached hydrogens (tertiary/aromatic N) is 3. The van der Waals surface area contributed by atoms with Gasteiger partial charge in [0.05, 0.1) is 47.7 Å². The zero-order valence-electron chi connectivity index (χ0n) is 25.3. The number of aromatic nitrogens is 2. The summed E-state index contributed by atoms with van der Waals surface area (Å²) in [5.41, 5.74) is 4.76. The summed E-state index contributed by atoms with van der Waals surface area (Å²) in [5, 5.41) is 9.27. The van der Waals surface area contributed by atoms with Gasteiger partial charge in [-0.15, -0.1) is 0 Å². The molecular weight excluding hydrogens is 582 g/mol. The van der Waals surface area contributed by atoms with Gasteiger partial charge in [-0.2, -0.15) is 0 Å². The molecule has 0 fully saturated rings. The second kappa shape index (κ2) is 12.4. The molecule has 4 aromatic rings. The van der Waals surface area contributed by atoms with E-state index in [2.05, 4.69) is 4.99 Å². The SMILES string of the molecule is CCOC(=O)C1=C(C)N=c2s/c(=C/c3cc(C)n(-c4ccc(C(=O)O)cc4)c3C)c(=O)n2[C@@H]1c1ccc(OC)c(OCC)c1. The van der Waals surface area contributed by atoms with Crippen LogP contribution in [0.5, 0.6) is 11.5 Å². The summed E-state index contributed by atoms with van der Waals surface area (Å²) in [6, 6.07) is 13.2. The Morgan fingerprint density at radius 1 is 1.02 bits per heavy atom. The number of aromatic carboxylic acids is 1. The van der Waals surface area contributed by atoms with Crippen molar-refractivity contribution < 1.29 is 28.9 Å². The number of allylic oxidation sites excluding steroid dienone is 1. The average Bonchev–Trinajstić information content (AvgIpc) is 3.45. The average molecular weight is 616 g/mol. The fourth-order valence-electron chi connectivity index (χ4n) is 5.46. The van der Waals surface area contributed by atoms with E-state index in [1.165, 1.54) is 15.9 Å². The van der Waals surface area contributed by atoms with E-state index in [0.29, 0.717) is 38.7 Å². The van der Waals surface area contributed by atoms with E-state index >= 15 is 0 Å². The van der Waals surface area contributed by atoms with Crippen molar-refractivity contribution in [3.63, 3.8) is 0 Å². The van der Waals surface area contributed by atoms with Crippen molar-refractivity contribution in [2.75, 3.05) is 20.3 Å². The molecule has 2 aromatic carbocycles. The second-order valence-electron chi connectivity index (χ2n) is 10.2. The van der Waals surface area contributed by atoms with Crippen molar-refractivity contribution >= 4 is 29.4 Å². The van der Waals surface area contributed by atoms with E-state index in [-0.39, 0.29) is 23.3 Å². The molecule has 0 bridgehead atoms. The van der Waals surface area contributed by atoms with Gasteiger partial charge < -0.3 is 23.9 Å². The summed E-state index contributed by atoms with van der Waals surface area (Å²) in [7, 11) is 1.55. The second-order valence-corrected chi connectivity index (χ2v) is 11.2. The Bertz CT molecular complexity index is 1980. The van der Waals surface area contributed by atoms with Crippen LogP contribution in [0.25, 0.3) is 11.8 Å². The maximum absolute atomic E-state index is 14.1. The maximum Gasteiger partial charge on any atom is 0.338 e. The first-order valence-corrected chi connectivity index (χ1v) is 14.9. The monoisotopic (exact) mass is 615 g/mol. The fraction of sp³-hybridized carbons (Fsp3) is 0.273. The van der Waals surface area contributed by atoms with Crippen LogP contribution in [0.3, 0.4) is 0 Å². The molecule has 11 heteroatoms. The highest BCUT2D eigenvalue weighted by atomic mass is 32.1. The smallest absolute Gasteiger partial charge is 0.338 e. The molecule has 3 heterocycles. The lowest BCUT2D eigenvalue weighted by Crippen LogP contribution is -2.40. The summed E-state index contributed by atoms with van der Waals surface area (Å²) in [6.07, 6.45) is 1.83. The van der Waals surface area contributed by atoms with Crippen LogP contribution in [-0.2, 0) is 9.53 Å². The van der Waals surface area contributed by atoms with Gasteiger partial charge in [0.15, 0.2) is 16.3 Å². The van der Waals surface area contributed by atoms with Crippen LogP contribution >= 0.6 is 11.3 Å². The van der Waals surface area contributed by atoms with Crippen molar-refractivity contribution in [3.8, 4) is 17.2 Å². The van der Waals surface area contributed by atoms with Crippen molar-refractivity contribution in [1.82, 2.24) is 9.13 Å². The number of hydrogen-bond donors (Lipinski definition) is 1. The molecule has 0 saturated heterocycles. The van der Waals surface area contributed by atoms with Gasteiger partial charge in [-0.1, -0.05) is 17.4 Å². The minimum absolute atomic E-state index is 0.175.